The van der Waals surface area contributed by atoms with Gasteiger partial charge >= 0.3 is 0 Å². The smallest absolute Gasteiger partial charge is 0.232 e. The molecule has 2 aromatic rings. The van der Waals surface area contributed by atoms with E-state index >= 15 is 0 Å². The van der Waals surface area contributed by atoms with E-state index in [9.17, 15) is 17.6 Å². The number of nitrogens with one attached hydrogen (secondary N) is 1. The number of anilines is 1. The summed E-state index contributed by atoms with van der Waals surface area (Å²) in [7, 11) is -1.96. The summed E-state index contributed by atoms with van der Waals surface area (Å²) in [4.78, 5) is 12.0. The highest BCUT2D eigenvalue weighted by atomic mass is 32.2. The number of benzene rings is 2. The Kier molecular flexibility index (Phi) is 8.45. The minimum Gasteiger partial charge on any atom is -0.497 e. The number of carbonyl (C=O) groups excluding carboxylic acids is 1. The van der Waals surface area contributed by atoms with Gasteiger partial charge in [0, 0.05) is 25.6 Å². The monoisotopic (exact) mass is 422 g/mol. The quantitative estimate of drug-likeness (QED) is 0.565. The van der Waals surface area contributed by atoms with Crippen molar-refractivity contribution >= 4 is 21.6 Å². The Labute approximate surface area is 171 Å². The number of hydrogen-bond acceptors (Lipinski definition) is 4. The average Bonchev–Trinajstić information content (AvgIpc) is 2.69. The molecule has 0 spiro atoms. The van der Waals surface area contributed by atoms with Crippen molar-refractivity contribution in [3.8, 4) is 5.75 Å². The second-order valence-electron chi connectivity index (χ2n) is 6.72. The van der Waals surface area contributed by atoms with Gasteiger partial charge in [-0.1, -0.05) is 18.2 Å². The van der Waals surface area contributed by atoms with Gasteiger partial charge in [-0.05, 0) is 49.1 Å². The van der Waals surface area contributed by atoms with E-state index in [1.807, 2.05) is 0 Å². The first-order chi connectivity index (χ1) is 13.8. The second-order valence-corrected chi connectivity index (χ2v) is 8.63. The van der Waals surface area contributed by atoms with Crippen molar-refractivity contribution in [2.75, 3.05) is 30.8 Å². The van der Waals surface area contributed by atoms with E-state index in [2.05, 4.69) is 5.32 Å². The fourth-order valence-electron chi connectivity index (χ4n) is 2.90. The van der Waals surface area contributed by atoms with Gasteiger partial charge < -0.3 is 10.1 Å². The van der Waals surface area contributed by atoms with Crippen LogP contribution in [0.4, 0.5) is 10.1 Å². The van der Waals surface area contributed by atoms with Gasteiger partial charge in [0.25, 0.3) is 0 Å². The van der Waals surface area contributed by atoms with Crippen LogP contribution in [0, 0.1) is 5.82 Å². The van der Waals surface area contributed by atoms with Crippen LogP contribution in [0.1, 0.15) is 24.8 Å². The number of rotatable bonds is 11. The summed E-state index contributed by atoms with van der Waals surface area (Å²) in [5.41, 5.74) is 1.52. The molecule has 158 valence electrons. The van der Waals surface area contributed by atoms with E-state index < -0.39 is 10.0 Å². The van der Waals surface area contributed by atoms with Gasteiger partial charge in [-0.25, -0.2) is 12.8 Å². The first kappa shape index (κ1) is 22.7. The van der Waals surface area contributed by atoms with Crippen molar-refractivity contribution in [2.24, 2.45) is 0 Å². The largest absolute Gasteiger partial charge is 0.497 e. The molecule has 0 aliphatic rings. The summed E-state index contributed by atoms with van der Waals surface area (Å²) in [6.07, 6.45) is 3.26. The summed E-state index contributed by atoms with van der Waals surface area (Å²) in [5.74, 6) is 0.178. The fraction of sp³-hybridized carbons (Fsp3) is 0.381. The molecule has 0 saturated carbocycles. The third-order valence-electron chi connectivity index (χ3n) is 4.38. The lowest BCUT2D eigenvalue weighted by Gasteiger charge is -2.22. The SMILES string of the molecule is COc1cccc(N(CCCC(=O)NCCCc2ccc(F)cc2)S(C)(=O)=O)c1. The summed E-state index contributed by atoms with van der Waals surface area (Å²) in [5, 5.41) is 2.83. The maximum Gasteiger partial charge on any atom is 0.232 e. The minimum absolute atomic E-state index is 0.122. The average molecular weight is 423 g/mol. The van der Waals surface area contributed by atoms with Crippen molar-refractivity contribution < 1.29 is 22.3 Å². The summed E-state index contributed by atoms with van der Waals surface area (Å²) >= 11 is 0. The number of halogens is 1. The van der Waals surface area contributed by atoms with E-state index in [1.54, 1.807) is 36.4 Å². The maximum atomic E-state index is 12.9. The standard InChI is InChI=1S/C21H27FN2O4S/c1-28-20-8-3-7-19(16-20)24(29(2,26)27)15-5-9-21(25)23-14-4-6-17-10-12-18(22)13-11-17/h3,7-8,10-13,16H,4-6,9,14-15H2,1-2H3,(H,23,25). The Morgan fingerprint density at radius 2 is 1.86 bits per heavy atom. The maximum absolute atomic E-state index is 12.9. The molecule has 0 heterocycles. The van der Waals surface area contributed by atoms with Gasteiger partial charge in [-0.15, -0.1) is 0 Å². The molecule has 8 heteroatoms. The number of amides is 1. The Morgan fingerprint density at radius 1 is 1.14 bits per heavy atom. The molecule has 1 amide bonds. The van der Waals surface area contributed by atoms with Crippen LogP contribution in [0.3, 0.4) is 0 Å². The molecule has 0 saturated heterocycles. The molecule has 0 fully saturated rings. The summed E-state index contributed by atoms with van der Waals surface area (Å²) < 4.78 is 43.6. The fourth-order valence-corrected chi connectivity index (χ4v) is 3.85. The number of carbonyl (C=O) groups is 1. The number of methoxy groups -OCH3 is 1. The topological polar surface area (TPSA) is 75.7 Å². The molecule has 29 heavy (non-hydrogen) atoms. The number of nitrogens with zero attached hydrogens (tertiary/aromatic N) is 1. The van der Waals surface area contributed by atoms with E-state index in [0.29, 0.717) is 24.4 Å². The Balaban J connectivity index is 1.76. The third kappa shape index (κ3) is 7.73. The van der Waals surface area contributed by atoms with Crippen LogP contribution in [0.25, 0.3) is 0 Å². The van der Waals surface area contributed by atoms with Crippen molar-refractivity contribution in [3.05, 3.63) is 59.9 Å². The molecular weight excluding hydrogens is 395 g/mol. The molecule has 0 radical (unpaired) electrons. The number of aryl methyl sites for hydroxylation is 1. The molecular formula is C21H27FN2O4S. The van der Waals surface area contributed by atoms with Crippen LogP contribution in [0.15, 0.2) is 48.5 Å². The first-order valence-corrected chi connectivity index (χ1v) is 11.3. The zero-order valence-corrected chi connectivity index (χ0v) is 17.5. The molecule has 1 N–H and O–H groups in total. The van der Waals surface area contributed by atoms with Crippen LogP contribution < -0.4 is 14.4 Å². The lowest BCUT2D eigenvalue weighted by molar-refractivity contribution is -0.121. The Morgan fingerprint density at radius 3 is 2.52 bits per heavy atom. The Bertz CT molecular complexity index is 901. The normalized spacial score (nSPS) is 11.1. The molecule has 0 aromatic heterocycles. The van der Waals surface area contributed by atoms with Gasteiger partial charge in [-0.2, -0.15) is 0 Å². The molecule has 2 rings (SSSR count). The highest BCUT2D eigenvalue weighted by Gasteiger charge is 2.18. The van der Waals surface area contributed by atoms with Crippen molar-refractivity contribution in [1.29, 1.82) is 0 Å². The summed E-state index contributed by atoms with van der Waals surface area (Å²) in [6.45, 7) is 0.719. The van der Waals surface area contributed by atoms with Crippen LogP contribution in [-0.4, -0.2) is 40.8 Å². The van der Waals surface area contributed by atoms with Crippen LogP contribution in [-0.2, 0) is 21.2 Å². The van der Waals surface area contributed by atoms with E-state index in [4.69, 9.17) is 4.74 Å². The number of sulfonamides is 1. The van der Waals surface area contributed by atoms with Gasteiger partial charge in [0.15, 0.2) is 0 Å². The molecule has 0 aliphatic carbocycles. The van der Waals surface area contributed by atoms with E-state index in [-0.39, 0.29) is 24.7 Å². The highest BCUT2D eigenvalue weighted by Crippen LogP contribution is 2.23. The van der Waals surface area contributed by atoms with Gasteiger partial charge in [-0.3, -0.25) is 9.10 Å². The highest BCUT2D eigenvalue weighted by molar-refractivity contribution is 7.92. The van der Waals surface area contributed by atoms with Crippen LogP contribution in [0.5, 0.6) is 5.75 Å². The number of ether oxygens (including phenoxy) is 1. The molecule has 0 bridgehead atoms. The predicted molar refractivity (Wildman–Crippen MR) is 112 cm³/mol. The molecule has 6 nitrogen and oxygen atoms in total. The van der Waals surface area contributed by atoms with Crippen molar-refractivity contribution in [1.82, 2.24) is 5.32 Å². The van der Waals surface area contributed by atoms with E-state index in [1.165, 1.54) is 23.5 Å². The van der Waals surface area contributed by atoms with Crippen molar-refractivity contribution in [3.63, 3.8) is 0 Å². The summed E-state index contributed by atoms with van der Waals surface area (Å²) in [6, 6.07) is 13.1. The van der Waals surface area contributed by atoms with Crippen molar-refractivity contribution in [2.45, 2.75) is 25.7 Å². The Hall–Kier alpha value is -2.61. The van der Waals surface area contributed by atoms with Crippen LogP contribution >= 0.6 is 0 Å². The molecule has 0 atom stereocenters. The first-order valence-electron chi connectivity index (χ1n) is 9.42. The lowest BCUT2D eigenvalue weighted by Crippen LogP contribution is -2.32. The van der Waals surface area contributed by atoms with Gasteiger partial charge in [0.05, 0.1) is 19.1 Å². The molecule has 2 aromatic carbocycles. The number of hydrogen-bond donors (Lipinski definition) is 1. The minimum atomic E-state index is -3.48. The second kappa shape index (κ2) is 10.8. The van der Waals surface area contributed by atoms with E-state index in [0.717, 1.165) is 24.7 Å². The zero-order chi connectivity index (χ0) is 21.3. The third-order valence-corrected chi connectivity index (χ3v) is 5.58. The molecule has 0 unspecified atom stereocenters. The van der Waals surface area contributed by atoms with Gasteiger partial charge in [0.2, 0.25) is 15.9 Å². The van der Waals surface area contributed by atoms with Gasteiger partial charge in [0.1, 0.15) is 11.6 Å². The van der Waals surface area contributed by atoms with Crippen LogP contribution in [0.2, 0.25) is 0 Å². The lowest BCUT2D eigenvalue weighted by atomic mass is 10.1. The zero-order valence-electron chi connectivity index (χ0n) is 16.7. The predicted octanol–water partition coefficient (Wildman–Crippen LogP) is 3.13. The molecule has 0 aliphatic heterocycles.